The fraction of sp³-hybridized carbons (Fsp3) is 0.696. The number of benzene rings is 1. The second-order valence-corrected chi connectivity index (χ2v) is 7.80. The number of Topliss-reactive ketones (excluding diaryl/α,β-unsaturated/α-hetero) is 1. The molecule has 0 bridgehead atoms. The maximum Gasteiger partial charge on any atom is 0.155 e. The van der Waals surface area contributed by atoms with Crippen LogP contribution >= 0.6 is 0 Å². The molecule has 2 unspecified atom stereocenters. The number of ketones is 1. The Morgan fingerprint density at radius 3 is 2.67 bits per heavy atom. The van der Waals surface area contributed by atoms with Crippen molar-refractivity contribution in [3.05, 3.63) is 35.9 Å². The standard InChI is InChI=1S/C23H38N2O2/c1-3-5-6-10-16-21(13-4-2)27-24-25-18-12-11-17-22(25)23(26)19-20-14-8-7-9-15-20/h7-9,14-15,21-22,24H,3-6,10-13,16-19H2,1-2H3. The van der Waals surface area contributed by atoms with Gasteiger partial charge in [-0.3, -0.25) is 9.63 Å². The zero-order valence-electron chi connectivity index (χ0n) is 17.3. The number of nitrogens with zero attached hydrogens (tertiary/aromatic N) is 1. The molecule has 1 N–H and O–H groups in total. The highest BCUT2D eigenvalue weighted by molar-refractivity contribution is 5.86. The van der Waals surface area contributed by atoms with E-state index in [1.807, 2.05) is 35.3 Å². The first-order valence-electron chi connectivity index (χ1n) is 11.0. The normalized spacial score (nSPS) is 19.1. The third kappa shape index (κ3) is 8.12. The molecule has 0 amide bonds. The van der Waals surface area contributed by atoms with Crippen LogP contribution in [0, 0.1) is 0 Å². The van der Waals surface area contributed by atoms with Crippen molar-refractivity contribution in [2.75, 3.05) is 6.54 Å². The summed E-state index contributed by atoms with van der Waals surface area (Å²) >= 11 is 0. The van der Waals surface area contributed by atoms with Crippen LogP contribution in [0.2, 0.25) is 0 Å². The zero-order chi connectivity index (χ0) is 19.3. The fourth-order valence-electron chi connectivity index (χ4n) is 3.82. The molecule has 1 aromatic carbocycles. The number of hydrogen-bond acceptors (Lipinski definition) is 4. The smallest absolute Gasteiger partial charge is 0.155 e. The SMILES string of the molecule is CCCCCCC(CCC)ONN1CCCCC1C(=O)Cc1ccccc1. The molecule has 4 nitrogen and oxygen atoms in total. The van der Waals surface area contributed by atoms with Gasteiger partial charge in [0.05, 0.1) is 12.1 Å². The van der Waals surface area contributed by atoms with Crippen LogP contribution in [-0.2, 0) is 16.1 Å². The maximum atomic E-state index is 12.9. The Balaban J connectivity index is 1.84. The van der Waals surface area contributed by atoms with Crippen LogP contribution in [0.5, 0.6) is 0 Å². The number of carbonyl (C=O) groups excluding carboxylic acids is 1. The molecule has 0 saturated carbocycles. The Morgan fingerprint density at radius 2 is 1.93 bits per heavy atom. The molecular weight excluding hydrogens is 336 g/mol. The minimum absolute atomic E-state index is 0.0821. The van der Waals surface area contributed by atoms with E-state index in [4.69, 9.17) is 4.84 Å². The molecule has 0 aliphatic carbocycles. The van der Waals surface area contributed by atoms with Gasteiger partial charge in [0.25, 0.3) is 0 Å². The van der Waals surface area contributed by atoms with E-state index in [-0.39, 0.29) is 17.9 Å². The highest BCUT2D eigenvalue weighted by atomic mass is 16.7. The average molecular weight is 375 g/mol. The van der Waals surface area contributed by atoms with Crippen LogP contribution in [0.25, 0.3) is 0 Å². The molecule has 0 aromatic heterocycles. The number of nitrogens with one attached hydrogen (secondary N) is 1. The second-order valence-electron chi connectivity index (χ2n) is 7.80. The third-order valence-corrected chi connectivity index (χ3v) is 5.42. The van der Waals surface area contributed by atoms with Gasteiger partial charge in [0.15, 0.2) is 5.78 Å². The van der Waals surface area contributed by atoms with Crippen molar-refractivity contribution in [2.45, 2.75) is 96.6 Å². The van der Waals surface area contributed by atoms with Gasteiger partial charge < -0.3 is 0 Å². The Bertz CT molecular complexity index is 520. The molecule has 27 heavy (non-hydrogen) atoms. The summed E-state index contributed by atoms with van der Waals surface area (Å²) in [5, 5.41) is 2.05. The van der Waals surface area contributed by atoms with Crippen molar-refractivity contribution in [1.82, 2.24) is 10.6 Å². The summed E-state index contributed by atoms with van der Waals surface area (Å²) < 4.78 is 0. The first-order valence-corrected chi connectivity index (χ1v) is 11.0. The van der Waals surface area contributed by atoms with Crippen molar-refractivity contribution in [1.29, 1.82) is 0 Å². The van der Waals surface area contributed by atoms with Gasteiger partial charge in [-0.05, 0) is 31.2 Å². The van der Waals surface area contributed by atoms with Crippen LogP contribution in [0.1, 0.15) is 83.6 Å². The fourth-order valence-corrected chi connectivity index (χ4v) is 3.82. The monoisotopic (exact) mass is 374 g/mol. The van der Waals surface area contributed by atoms with Gasteiger partial charge in [0.2, 0.25) is 0 Å². The van der Waals surface area contributed by atoms with E-state index < -0.39 is 0 Å². The number of carbonyl (C=O) groups is 1. The van der Waals surface area contributed by atoms with E-state index in [0.29, 0.717) is 6.42 Å². The topological polar surface area (TPSA) is 41.6 Å². The van der Waals surface area contributed by atoms with Gasteiger partial charge in [-0.25, -0.2) is 5.01 Å². The highest BCUT2D eigenvalue weighted by Crippen LogP contribution is 2.19. The van der Waals surface area contributed by atoms with Gasteiger partial charge in [-0.1, -0.05) is 82.7 Å². The van der Waals surface area contributed by atoms with Crippen LogP contribution in [-0.4, -0.2) is 29.5 Å². The molecule has 0 spiro atoms. The summed E-state index contributed by atoms with van der Waals surface area (Å²) in [6.07, 6.45) is 12.2. The van der Waals surface area contributed by atoms with Gasteiger partial charge in [0, 0.05) is 13.0 Å². The van der Waals surface area contributed by atoms with Crippen molar-refractivity contribution >= 4 is 5.78 Å². The van der Waals surface area contributed by atoms with E-state index in [0.717, 1.165) is 50.6 Å². The molecule has 0 radical (unpaired) electrons. The van der Waals surface area contributed by atoms with E-state index in [9.17, 15) is 4.79 Å². The molecule has 1 aromatic rings. The van der Waals surface area contributed by atoms with Crippen molar-refractivity contribution in [3.8, 4) is 0 Å². The Kier molecular flexibility index (Phi) is 10.6. The minimum Gasteiger partial charge on any atom is -0.297 e. The van der Waals surface area contributed by atoms with Crippen LogP contribution in [0.3, 0.4) is 0 Å². The number of hydrazine groups is 1. The van der Waals surface area contributed by atoms with Gasteiger partial charge in [0.1, 0.15) is 0 Å². The number of piperidine rings is 1. The molecule has 1 saturated heterocycles. The lowest BCUT2D eigenvalue weighted by atomic mass is 9.96. The largest absolute Gasteiger partial charge is 0.297 e. The Hall–Kier alpha value is -1.23. The quantitative estimate of drug-likeness (QED) is 0.379. The van der Waals surface area contributed by atoms with Crippen LogP contribution in [0.15, 0.2) is 30.3 Å². The number of unbranched alkanes of at least 4 members (excludes halogenated alkanes) is 3. The molecule has 1 heterocycles. The van der Waals surface area contributed by atoms with Gasteiger partial charge in [-0.2, -0.15) is 0 Å². The molecule has 152 valence electrons. The number of hydrogen-bond donors (Lipinski definition) is 1. The Morgan fingerprint density at radius 1 is 1.11 bits per heavy atom. The van der Waals surface area contributed by atoms with Gasteiger partial charge >= 0.3 is 0 Å². The van der Waals surface area contributed by atoms with Crippen molar-refractivity contribution in [2.24, 2.45) is 0 Å². The summed E-state index contributed by atoms with van der Waals surface area (Å²) in [7, 11) is 0. The van der Waals surface area contributed by atoms with Crippen LogP contribution in [0.4, 0.5) is 0 Å². The van der Waals surface area contributed by atoms with Crippen molar-refractivity contribution < 1.29 is 9.63 Å². The third-order valence-electron chi connectivity index (χ3n) is 5.42. The predicted molar refractivity (Wildman–Crippen MR) is 111 cm³/mol. The van der Waals surface area contributed by atoms with E-state index in [1.54, 1.807) is 0 Å². The lowest BCUT2D eigenvalue weighted by molar-refractivity contribution is -0.160. The molecule has 2 rings (SSSR count). The van der Waals surface area contributed by atoms with E-state index in [2.05, 4.69) is 19.4 Å². The first-order chi connectivity index (χ1) is 13.2. The average Bonchev–Trinajstić information content (AvgIpc) is 2.70. The lowest BCUT2D eigenvalue weighted by Gasteiger charge is -2.35. The molecule has 4 heteroatoms. The van der Waals surface area contributed by atoms with E-state index in [1.165, 1.54) is 25.7 Å². The van der Waals surface area contributed by atoms with Crippen LogP contribution < -0.4 is 5.59 Å². The zero-order valence-corrected chi connectivity index (χ0v) is 17.3. The molecule has 2 atom stereocenters. The Labute approximate surface area is 165 Å². The summed E-state index contributed by atoms with van der Waals surface area (Å²) in [6.45, 7) is 5.32. The summed E-state index contributed by atoms with van der Waals surface area (Å²) in [6, 6.07) is 9.96. The molecule has 1 aliphatic rings. The minimum atomic E-state index is -0.0821. The number of rotatable bonds is 13. The van der Waals surface area contributed by atoms with Crippen molar-refractivity contribution in [3.63, 3.8) is 0 Å². The molecule has 1 aliphatic heterocycles. The van der Waals surface area contributed by atoms with E-state index >= 15 is 0 Å². The lowest BCUT2D eigenvalue weighted by Crippen LogP contribution is -2.53. The molecular formula is C23H38N2O2. The maximum absolute atomic E-state index is 12.9. The summed E-state index contributed by atoms with van der Waals surface area (Å²) in [5.74, 6) is 0.284. The highest BCUT2D eigenvalue weighted by Gasteiger charge is 2.29. The summed E-state index contributed by atoms with van der Waals surface area (Å²) in [5.41, 5.74) is 4.27. The second kappa shape index (κ2) is 13.0. The summed E-state index contributed by atoms with van der Waals surface area (Å²) in [4.78, 5) is 18.9. The first kappa shape index (κ1) is 22.1. The van der Waals surface area contributed by atoms with Gasteiger partial charge in [-0.15, -0.1) is 5.59 Å². The molecule has 1 fully saturated rings. The predicted octanol–water partition coefficient (Wildman–Crippen LogP) is 5.23.